The Morgan fingerprint density at radius 3 is 2.47 bits per heavy atom. The first-order valence-electron chi connectivity index (χ1n) is 8.90. The first kappa shape index (κ1) is 19.7. The third-order valence-electron chi connectivity index (χ3n) is 4.05. The number of pyridine rings is 1. The number of amides is 1. The third-order valence-corrected chi connectivity index (χ3v) is 4.98. The van der Waals surface area contributed by atoms with Gasteiger partial charge in [0.05, 0.1) is 5.75 Å². The normalized spacial score (nSPS) is 10.7. The zero-order valence-corrected chi connectivity index (χ0v) is 16.3. The number of nitrogens with zero attached hydrogens (tertiary/aromatic N) is 4. The predicted octanol–water partition coefficient (Wildman–Crippen LogP) is 4.34. The molecular formula is C21H15F2N5OS. The monoisotopic (exact) mass is 423 g/mol. The number of thioether (sulfide) groups is 1. The summed E-state index contributed by atoms with van der Waals surface area (Å²) in [4.78, 5) is 16.4. The van der Waals surface area contributed by atoms with Gasteiger partial charge in [0.2, 0.25) is 5.91 Å². The minimum absolute atomic E-state index is 0.0177. The number of hydrogen-bond acceptors (Lipinski definition) is 5. The number of nitrogens with one attached hydrogen (secondary N) is 1. The Morgan fingerprint density at radius 1 is 1.00 bits per heavy atom. The number of halogens is 2. The van der Waals surface area contributed by atoms with Gasteiger partial charge in [-0.05, 0) is 36.4 Å². The molecule has 0 aliphatic carbocycles. The fourth-order valence-corrected chi connectivity index (χ4v) is 3.56. The van der Waals surface area contributed by atoms with E-state index in [1.165, 1.54) is 0 Å². The number of aromatic nitrogens is 4. The van der Waals surface area contributed by atoms with Crippen LogP contribution in [0.1, 0.15) is 0 Å². The Kier molecular flexibility index (Phi) is 5.80. The van der Waals surface area contributed by atoms with E-state index in [4.69, 9.17) is 0 Å². The molecular weight excluding hydrogens is 408 g/mol. The van der Waals surface area contributed by atoms with Crippen LogP contribution < -0.4 is 5.32 Å². The number of hydrogen-bond donors (Lipinski definition) is 1. The van der Waals surface area contributed by atoms with Crippen molar-refractivity contribution in [2.75, 3.05) is 11.1 Å². The van der Waals surface area contributed by atoms with E-state index in [1.54, 1.807) is 18.5 Å². The molecule has 0 unspecified atom stereocenters. The van der Waals surface area contributed by atoms with Gasteiger partial charge in [0, 0.05) is 35.4 Å². The summed E-state index contributed by atoms with van der Waals surface area (Å²) in [5, 5.41) is 11.5. The molecule has 2 heterocycles. The van der Waals surface area contributed by atoms with Gasteiger partial charge < -0.3 is 5.32 Å². The van der Waals surface area contributed by atoms with E-state index in [0.717, 1.165) is 41.2 Å². The van der Waals surface area contributed by atoms with Crippen molar-refractivity contribution in [2.45, 2.75) is 5.16 Å². The summed E-state index contributed by atoms with van der Waals surface area (Å²) in [6.07, 6.45) is 3.35. The van der Waals surface area contributed by atoms with Crippen LogP contribution in [-0.2, 0) is 4.79 Å². The summed E-state index contributed by atoms with van der Waals surface area (Å²) in [5.74, 6) is -1.37. The topological polar surface area (TPSA) is 72.7 Å². The van der Waals surface area contributed by atoms with E-state index < -0.39 is 17.5 Å². The van der Waals surface area contributed by atoms with Crippen LogP contribution in [-0.4, -0.2) is 31.4 Å². The zero-order chi connectivity index (χ0) is 20.9. The lowest BCUT2D eigenvalue weighted by atomic mass is 10.2. The largest absolute Gasteiger partial charge is 0.325 e. The van der Waals surface area contributed by atoms with Gasteiger partial charge in [0.1, 0.15) is 11.6 Å². The molecule has 2 aromatic heterocycles. The van der Waals surface area contributed by atoms with Crippen LogP contribution in [0.3, 0.4) is 0 Å². The second-order valence-electron chi connectivity index (χ2n) is 6.21. The van der Waals surface area contributed by atoms with Crippen LogP contribution in [0.2, 0.25) is 0 Å². The molecule has 150 valence electrons. The lowest BCUT2D eigenvalue weighted by Crippen LogP contribution is -2.15. The van der Waals surface area contributed by atoms with E-state index >= 15 is 0 Å². The van der Waals surface area contributed by atoms with Crippen LogP contribution >= 0.6 is 11.8 Å². The summed E-state index contributed by atoms with van der Waals surface area (Å²) in [7, 11) is 0. The van der Waals surface area contributed by atoms with Crippen molar-refractivity contribution in [1.82, 2.24) is 19.7 Å². The van der Waals surface area contributed by atoms with Crippen molar-refractivity contribution in [3.05, 3.63) is 84.7 Å². The van der Waals surface area contributed by atoms with E-state index in [2.05, 4.69) is 20.5 Å². The molecule has 0 fully saturated rings. The first-order chi connectivity index (χ1) is 14.6. The van der Waals surface area contributed by atoms with Gasteiger partial charge in [0.15, 0.2) is 11.0 Å². The number of rotatable bonds is 6. The summed E-state index contributed by atoms with van der Waals surface area (Å²) in [6, 6.07) is 16.0. The smallest absolute Gasteiger partial charge is 0.234 e. The minimum Gasteiger partial charge on any atom is -0.325 e. The van der Waals surface area contributed by atoms with Crippen molar-refractivity contribution in [3.8, 4) is 17.1 Å². The SMILES string of the molecule is O=C(CSc1nnc(-c2cccnc2)n1-c1ccccc1)Nc1cc(F)cc(F)c1. The fourth-order valence-electron chi connectivity index (χ4n) is 2.81. The Labute approximate surface area is 175 Å². The highest BCUT2D eigenvalue weighted by molar-refractivity contribution is 7.99. The molecule has 0 radical (unpaired) electrons. The number of carbonyl (C=O) groups is 1. The van der Waals surface area contributed by atoms with E-state index in [1.807, 2.05) is 41.0 Å². The fraction of sp³-hybridized carbons (Fsp3) is 0.0476. The second-order valence-corrected chi connectivity index (χ2v) is 7.16. The molecule has 0 spiro atoms. The molecule has 0 atom stereocenters. The van der Waals surface area contributed by atoms with E-state index in [9.17, 15) is 13.6 Å². The average Bonchev–Trinajstić information content (AvgIpc) is 3.17. The van der Waals surface area contributed by atoms with Crippen molar-refractivity contribution in [1.29, 1.82) is 0 Å². The number of anilines is 1. The van der Waals surface area contributed by atoms with Gasteiger partial charge in [-0.2, -0.15) is 0 Å². The highest BCUT2D eigenvalue weighted by Crippen LogP contribution is 2.27. The first-order valence-corrected chi connectivity index (χ1v) is 9.89. The van der Waals surface area contributed by atoms with Gasteiger partial charge in [0.25, 0.3) is 0 Å². The number of para-hydroxylation sites is 1. The molecule has 0 saturated carbocycles. The molecule has 0 aliphatic rings. The number of carbonyl (C=O) groups excluding carboxylic acids is 1. The van der Waals surface area contributed by atoms with Crippen LogP contribution in [0.4, 0.5) is 14.5 Å². The molecule has 1 N–H and O–H groups in total. The van der Waals surface area contributed by atoms with Gasteiger partial charge in [-0.15, -0.1) is 10.2 Å². The summed E-state index contributed by atoms with van der Waals surface area (Å²) in [5.41, 5.74) is 1.66. The van der Waals surface area contributed by atoms with E-state index in [0.29, 0.717) is 11.0 Å². The van der Waals surface area contributed by atoms with Gasteiger partial charge in [-0.1, -0.05) is 30.0 Å². The Balaban J connectivity index is 1.57. The average molecular weight is 423 g/mol. The maximum absolute atomic E-state index is 13.3. The molecule has 0 bridgehead atoms. The highest BCUT2D eigenvalue weighted by atomic mass is 32.2. The highest BCUT2D eigenvalue weighted by Gasteiger charge is 2.17. The maximum atomic E-state index is 13.3. The van der Waals surface area contributed by atoms with Gasteiger partial charge in [-0.25, -0.2) is 8.78 Å². The van der Waals surface area contributed by atoms with Gasteiger partial charge in [-0.3, -0.25) is 14.3 Å². The van der Waals surface area contributed by atoms with Crippen LogP contribution in [0.5, 0.6) is 0 Å². The number of benzene rings is 2. The summed E-state index contributed by atoms with van der Waals surface area (Å²) in [6.45, 7) is 0. The lowest BCUT2D eigenvalue weighted by molar-refractivity contribution is -0.113. The Bertz CT molecular complexity index is 1150. The summed E-state index contributed by atoms with van der Waals surface area (Å²) < 4.78 is 28.5. The van der Waals surface area contributed by atoms with Crippen LogP contribution in [0, 0.1) is 11.6 Å². The van der Waals surface area contributed by atoms with Crippen LogP contribution in [0.15, 0.2) is 78.2 Å². The van der Waals surface area contributed by atoms with Crippen molar-refractivity contribution < 1.29 is 13.6 Å². The predicted molar refractivity (Wildman–Crippen MR) is 110 cm³/mol. The summed E-state index contributed by atoms with van der Waals surface area (Å²) >= 11 is 1.16. The second kappa shape index (κ2) is 8.83. The van der Waals surface area contributed by atoms with E-state index in [-0.39, 0.29) is 11.4 Å². The van der Waals surface area contributed by atoms with Crippen LogP contribution in [0.25, 0.3) is 17.1 Å². The third kappa shape index (κ3) is 4.52. The molecule has 0 saturated heterocycles. The minimum atomic E-state index is -0.761. The molecule has 9 heteroatoms. The van der Waals surface area contributed by atoms with Gasteiger partial charge >= 0.3 is 0 Å². The molecule has 0 aliphatic heterocycles. The van der Waals surface area contributed by atoms with Crippen molar-refractivity contribution in [3.63, 3.8) is 0 Å². The molecule has 4 rings (SSSR count). The quantitative estimate of drug-likeness (QED) is 0.467. The molecule has 4 aromatic rings. The molecule has 6 nitrogen and oxygen atoms in total. The Morgan fingerprint density at radius 2 is 1.77 bits per heavy atom. The molecule has 1 amide bonds. The standard InChI is InChI=1S/C21H15F2N5OS/c22-15-9-16(23)11-17(10-15)25-19(29)13-30-21-27-26-20(14-5-4-8-24-12-14)28(21)18-6-2-1-3-7-18/h1-12H,13H2,(H,25,29). The molecule has 30 heavy (non-hydrogen) atoms. The maximum Gasteiger partial charge on any atom is 0.234 e. The van der Waals surface area contributed by atoms with Crippen molar-refractivity contribution >= 4 is 23.4 Å². The lowest BCUT2D eigenvalue weighted by Gasteiger charge is -2.10. The zero-order valence-electron chi connectivity index (χ0n) is 15.5. The molecule has 2 aromatic carbocycles. The Hall–Kier alpha value is -3.59. The van der Waals surface area contributed by atoms with Crippen molar-refractivity contribution in [2.24, 2.45) is 0 Å².